The number of hydrogen-bond donors (Lipinski definition) is 0. The predicted octanol–water partition coefficient (Wildman–Crippen LogP) is 6.66. The van der Waals surface area contributed by atoms with Gasteiger partial charge in [-0.25, -0.2) is 9.97 Å². The van der Waals surface area contributed by atoms with Gasteiger partial charge in [-0.3, -0.25) is 0 Å². The zero-order chi connectivity index (χ0) is 18.7. The van der Waals surface area contributed by atoms with Crippen molar-refractivity contribution in [2.45, 2.75) is 6.92 Å². The first-order valence-corrected chi connectivity index (χ1v) is 9.35. The number of fused-ring (bicyclic) bond motifs is 5. The van der Waals surface area contributed by atoms with E-state index in [9.17, 15) is 0 Å². The van der Waals surface area contributed by atoms with E-state index in [0.717, 1.165) is 44.5 Å². The Bertz CT molecular complexity index is 1530. The van der Waals surface area contributed by atoms with Crippen molar-refractivity contribution in [2.24, 2.45) is 0 Å². The van der Waals surface area contributed by atoms with E-state index in [0.29, 0.717) is 0 Å². The molecule has 4 aromatic carbocycles. The zero-order valence-corrected chi connectivity index (χ0v) is 15.3. The number of hydrogen-bond acceptors (Lipinski definition) is 3. The number of aryl methyl sites for hydroxylation is 1. The van der Waals surface area contributed by atoms with Crippen LogP contribution in [0.4, 0.5) is 0 Å². The van der Waals surface area contributed by atoms with Gasteiger partial charge in [-0.1, -0.05) is 60.7 Å². The van der Waals surface area contributed by atoms with Gasteiger partial charge in [0, 0.05) is 10.9 Å². The Morgan fingerprint density at radius 3 is 2.14 bits per heavy atom. The largest absolute Gasteiger partial charge is 0.452 e. The molecule has 3 heteroatoms. The van der Waals surface area contributed by atoms with Crippen LogP contribution in [0.3, 0.4) is 0 Å². The van der Waals surface area contributed by atoms with Gasteiger partial charge in [0.25, 0.3) is 0 Å². The summed E-state index contributed by atoms with van der Waals surface area (Å²) in [5, 5.41) is 5.77. The van der Waals surface area contributed by atoms with Crippen LogP contribution in [0.25, 0.3) is 54.9 Å². The molecule has 0 aliphatic carbocycles. The standard InChI is InChI=1S/C25H16N2O/c1-15-26-23(20-11-10-16-6-2-3-7-17(16)12-20)25-24(27-15)21-13-18-8-4-5-9-19(18)14-22(21)28-25/h2-14H,1H3. The van der Waals surface area contributed by atoms with Gasteiger partial charge in [0.05, 0.1) is 0 Å². The summed E-state index contributed by atoms with van der Waals surface area (Å²) in [5.41, 5.74) is 4.34. The van der Waals surface area contributed by atoms with Gasteiger partial charge in [0.15, 0.2) is 5.58 Å². The van der Waals surface area contributed by atoms with Crippen LogP contribution < -0.4 is 0 Å². The minimum Gasteiger partial charge on any atom is -0.452 e. The smallest absolute Gasteiger partial charge is 0.180 e. The molecule has 6 aromatic rings. The summed E-state index contributed by atoms with van der Waals surface area (Å²) >= 11 is 0. The van der Waals surface area contributed by atoms with Crippen LogP contribution in [0.1, 0.15) is 5.82 Å². The Morgan fingerprint density at radius 1 is 0.679 bits per heavy atom. The van der Waals surface area contributed by atoms with Gasteiger partial charge in [0.2, 0.25) is 0 Å². The molecule has 2 heterocycles. The molecule has 0 saturated carbocycles. The van der Waals surface area contributed by atoms with E-state index in [4.69, 9.17) is 14.4 Å². The summed E-state index contributed by atoms with van der Waals surface area (Å²) < 4.78 is 6.29. The van der Waals surface area contributed by atoms with Crippen molar-refractivity contribution >= 4 is 43.6 Å². The van der Waals surface area contributed by atoms with E-state index in [-0.39, 0.29) is 0 Å². The van der Waals surface area contributed by atoms with Crippen LogP contribution in [-0.4, -0.2) is 9.97 Å². The quantitative estimate of drug-likeness (QED) is 0.329. The number of aromatic nitrogens is 2. The van der Waals surface area contributed by atoms with E-state index in [2.05, 4.69) is 72.8 Å². The normalized spacial score (nSPS) is 11.8. The number of rotatable bonds is 1. The van der Waals surface area contributed by atoms with Crippen LogP contribution in [0.5, 0.6) is 0 Å². The van der Waals surface area contributed by atoms with Gasteiger partial charge in [-0.15, -0.1) is 0 Å². The monoisotopic (exact) mass is 360 g/mol. The van der Waals surface area contributed by atoms with Gasteiger partial charge >= 0.3 is 0 Å². The van der Waals surface area contributed by atoms with Gasteiger partial charge in [-0.2, -0.15) is 0 Å². The molecule has 0 spiro atoms. The lowest BCUT2D eigenvalue weighted by Gasteiger charge is -2.05. The SMILES string of the molecule is Cc1nc(-c2ccc3ccccc3c2)c2oc3cc4ccccc4cc3c2n1. The molecule has 0 unspecified atom stereocenters. The topological polar surface area (TPSA) is 38.9 Å². The van der Waals surface area contributed by atoms with Crippen molar-refractivity contribution in [3.63, 3.8) is 0 Å². The zero-order valence-electron chi connectivity index (χ0n) is 15.3. The van der Waals surface area contributed by atoms with Crippen molar-refractivity contribution in [1.29, 1.82) is 0 Å². The summed E-state index contributed by atoms with van der Waals surface area (Å²) in [6, 6.07) is 27.3. The molecule has 0 atom stereocenters. The lowest BCUT2D eigenvalue weighted by molar-refractivity contribution is 0.667. The van der Waals surface area contributed by atoms with E-state index in [1.807, 2.05) is 13.0 Å². The molecule has 0 amide bonds. The average molecular weight is 360 g/mol. The maximum absolute atomic E-state index is 6.29. The Hall–Kier alpha value is -3.72. The fourth-order valence-electron chi connectivity index (χ4n) is 3.97. The predicted molar refractivity (Wildman–Crippen MR) is 114 cm³/mol. The van der Waals surface area contributed by atoms with E-state index < -0.39 is 0 Å². The van der Waals surface area contributed by atoms with Crippen molar-refractivity contribution in [3.8, 4) is 11.3 Å². The van der Waals surface area contributed by atoms with Gasteiger partial charge < -0.3 is 4.42 Å². The molecule has 0 aliphatic rings. The molecule has 132 valence electrons. The molecule has 3 nitrogen and oxygen atoms in total. The third-order valence-electron chi connectivity index (χ3n) is 5.32. The van der Waals surface area contributed by atoms with E-state index in [1.54, 1.807) is 0 Å². The van der Waals surface area contributed by atoms with Crippen molar-refractivity contribution in [1.82, 2.24) is 9.97 Å². The number of benzene rings is 4. The van der Waals surface area contributed by atoms with Crippen molar-refractivity contribution < 1.29 is 4.42 Å². The van der Waals surface area contributed by atoms with Crippen LogP contribution in [0.15, 0.2) is 83.3 Å². The maximum atomic E-state index is 6.29. The molecule has 2 aromatic heterocycles. The second kappa shape index (κ2) is 5.64. The highest BCUT2D eigenvalue weighted by Crippen LogP contribution is 2.36. The van der Waals surface area contributed by atoms with Crippen LogP contribution in [-0.2, 0) is 0 Å². The van der Waals surface area contributed by atoms with Crippen LogP contribution in [0, 0.1) is 6.92 Å². The maximum Gasteiger partial charge on any atom is 0.180 e. The lowest BCUT2D eigenvalue weighted by Crippen LogP contribution is -1.92. The Balaban J connectivity index is 1.70. The number of nitrogens with zero attached hydrogens (tertiary/aromatic N) is 2. The second-order valence-corrected chi connectivity index (χ2v) is 7.16. The highest BCUT2D eigenvalue weighted by molar-refractivity contribution is 6.11. The first-order chi connectivity index (χ1) is 13.8. The van der Waals surface area contributed by atoms with Crippen LogP contribution >= 0.6 is 0 Å². The third-order valence-corrected chi connectivity index (χ3v) is 5.32. The molecule has 0 aliphatic heterocycles. The summed E-state index contributed by atoms with van der Waals surface area (Å²) in [6.07, 6.45) is 0. The molecule has 0 N–H and O–H groups in total. The minimum absolute atomic E-state index is 0.742. The summed E-state index contributed by atoms with van der Waals surface area (Å²) in [5.74, 6) is 0.742. The van der Waals surface area contributed by atoms with Gasteiger partial charge in [-0.05, 0) is 46.7 Å². The first-order valence-electron chi connectivity index (χ1n) is 9.35. The summed E-state index contributed by atoms with van der Waals surface area (Å²) in [7, 11) is 0. The highest BCUT2D eigenvalue weighted by Gasteiger charge is 2.17. The Kier molecular flexibility index (Phi) is 3.09. The number of furan rings is 1. The van der Waals surface area contributed by atoms with Crippen molar-refractivity contribution in [2.75, 3.05) is 0 Å². The average Bonchev–Trinajstić information content (AvgIpc) is 3.08. The molecular formula is C25H16N2O. The molecule has 0 radical (unpaired) electrons. The first kappa shape index (κ1) is 15.3. The fourth-order valence-corrected chi connectivity index (χ4v) is 3.97. The molecule has 0 bridgehead atoms. The van der Waals surface area contributed by atoms with E-state index in [1.165, 1.54) is 16.2 Å². The fraction of sp³-hybridized carbons (Fsp3) is 0.0400. The van der Waals surface area contributed by atoms with Crippen LogP contribution in [0.2, 0.25) is 0 Å². The Morgan fingerprint density at radius 2 is 1.36 bits per heavy atom. The summed E-state index contributed by atoms with van der Waals surface area (Å²) in [4.78, 5) is 9.45. The van der Waals surface area contributed by atoms with E-state index >= 15 is 0 Å². The highest BCUT2D eigenvalue weighted by atomic mass is 16.3. The molecular weight excluding hydrogens is 344 g/mol. The molecule has 28 heavy (non-hydrogen) atoms. The minimum atomic E-state index is 0.742. The second-order valence-electron chi connectivity index (χ2n) is 7.16. The summed E-state index contributed by atoms with van der Waals surface area (Å²) in [6.45, 7) is 1.93. The molecule has 0 saturated heterocycles. The van der Waals surface area contributed by atoms with Gasteiger partial charge in [0.1, 0.15) is 22.6 Å². The molecule has 6 rings (SSSR count). The molecule has 0 fully saturated rings. The van der Waals surface area contributed by atoms with Crippen molar-refractivity contribution in [3.05, 3.63) is 84.7 Å². The Labute approximate surface area is 161 Å². The third kappa shape index (κ3) is 2.23. The lowest BCUT2D eigenvalue weighted by atomic mass is 10.0.